The third kappa shape index (κ3) is 4.01. The number of hydrogen-bond donors (Lipinski definition) is 1. The number of carbonyl (C=O) groups is 1. The predicted molar refractivity (Wildman–Crippen MR) is 113 cm³/mol. The summed E-state index contributed by atoms with van der Waals surface area (Å²) in [5, 5.41) is 6.18. The second-order valence-electron chi connectivity index (χ2n) is 6.60. The molecule has 0 aliphatic heterocycles. The number of hydrogen-bond acceptors (Lipinski definition) is 3. The Morgan fingerprint density at radius 3 is 2.67 bits per heavy atom. The lowest BCUT2D eigenvalue weighted by atomic mass is 10.1. The molecule has 1 N–H and O–H groups in total. The molecule has 4 rings (SSSR count). The number of thioether (sulfide) groups is 1. The van der Waals surface area contributed by atoms with Gasteiger partial charge >= 0.3 is 0 Å². The Bertz CT molecular complexity index is 1080. The first-order chi connectivity index (χ1) is 13.2. The van der Waals surface area contributed by atoms with Crippen LogP contribution in [0.1, 0.15) is 21.7 Å². The average Bonchev–Trinajstić information content (AvgIpc) is 3.14. The highest BCUT2D eigenvalue weighted by Crippen LogP contribution is 2.28. The SMILES string of the molecule is Cc1ccc(CSCCNC(=O)c2cc3c(ccc4ccccc43)o2)cc1. The van der Waals surface area contributed by atoms with Crippen LogP contribution in [0.2, 0.25) is 0 Å². The van der Waals surface area contributed by atoms with Crippen molar-refractivity contribution in [3.05, 3.63) is 83.6 Å². The molecule has 0 aliphatic carbocycles. The summed E-state index contributed by atoms with van der Waals surface area (Å²) in [6, 6.07) is 22.5. The fourth-order valence-electron chi connectivity index (χ4n) is 3.10. The molecule has 0 fully saturated rings. The minimum atomic E-state index is -0.161. The summed E-state index contributed by atoms with van der Waals surface area (Å²) in [5.41, 5.74) is 3.32. The van der Waals surface area contributed by atoms with Crippen LogP contribution in [0, 0.1) is 6.92 Å². The number of rotatable bonds is 6. The van der Waals surface area contributed by atoms with Gasteiger partial charge in [0.25, 0.3) is 5.91 Å². The summed E-state index contributed by atoms with van der Waals surface area (Å²) < 4.78 is 5.76. The maximum Gasteiger partial charge on any atom is 0.287 e. The van der Waals surface area contributed by atoms with Gasteiger partial charge in [0.05, 0.1) is 0 Å². The van der Waals surface area contributed by atoms with Crippen molar-refractivity contribution in [3.63, 3.8) is 0 Å². The van der Waals surface area contributed by atoms with Crippen LogP contribution in [0.4, 0.5) is 0 Å². The van der Waals surface area contributed by atoms with Crippen molar-refractivity contribution in [2.45, 2.75) is 12.7 Å². The molecule has 0 unspecified atom stereocenters. The van der Waals surface area contributed by atoms with Gasteiger partial charge in [0.2, 0.25) is 0 Å². The molecule has 27 heavy (non-hydrogen) atoms. The molecule has 1 amide bonds. The zero-order valence-corrected chi connectivity index (χ0v) is 16.0. The van der Waals surface area contributed by atoms with Crippen LogP contribution >= 0.6 is 11.8 Å². The molecule has 0 saturated heterocycles. The highest BCUT2D eigenvalue weighted by Gasteiger charge is 2.13. The third-order valence-corrected chi connectivity index (χ3v) is 5.60. The highest BCUT2D eigenvalue weighted by atomic mass is 32.2. The smallest absolute Gasteiger partial charge is 0.287 e. The Morgan fingerprint density at radius 2 is 1.81 bits per heavy atom. The first kappa shape index (κ1) is 17.7. The van der Waals surface area contributed by atoms with E-state index in [1.54, 1.807) is 0 Å². The van der Waals surface area contributed by atoms with Crippen molar-refractivity contribution in [2.24, 2.45) is 0 Å². The van der Waals surface area contributed by atoms with Crippen molar-refractivity contribution in [3.8, 4) is 0 Å². The summed E-state index contributed by atoms with van der Waals surface area (Å²) in [7, 11) is 0. The second-order valence-corrected chi connectivity index (χ2v) is 7.71. The molecular formula is C23H21NO2S. The molecule has 1 aromatic heterocycles. The fourth-order valence-corrected chi connectivity index (χ4v) is 3.92. The predicted octanol–water partition coefficient (Wildman–Crippen LogP) is 5.56. The van der Waals surface area contributed by atoms with Crippen LogP contribution in [0.5, 0.6) is 0 Å². The van der Waals surface area contributed by atoms with E-state index in [0.717, 1.165) is 33.2 Å². The third-order valence-electron chi connectivity index (χ3n) is 4.57. The van der Waals surface area contributed by atoms with E-state index in [9.17, 15) is 4.79 Å². The number of amides is 1. The Kier molecular flexibility index (Phi) is 5.16. The lowest BCUT2D eigenvalue weighted by Crippen LogP contribution is -2.25. The number of nitrogens with one attached hydrogen (secondary N) is 1. The van der Waals surface area contributed by atoms with Crippen molar-refractivity contribution in [2.75, 3.05) is 12.3 Å². The zero-order chi connectivity index (χ0) is 18.6. The standard InChI is InChI=1S/C23H21NO2S/c1-16-6-8-17(9-7-16)15-27-13-12-24-23(25)22-14-20-19-5-3-2-4-18(19)10-11-21(20)26-22/h2-11,14H,12-13,15H2,1H3,(H,24,25). The number of benzene rings is 3. The number of furan rings is 1. The Morgan fingerprint density at radius 1 is 1.00 bits per heavy atom. The van der Waals surface area contributed by atoms with Gasteiger partial charge in [0.15, 0.2) is 5.76 Å². The Balaban J connectivity index is 1.34. The maximum absolute atomic E-state index is 12.4. The van der Waals surface area contributed by atoms with Gasteiger partial charge < -0.3 is 9.73 Å². The van der Waals surface area contributed by atoms with E-state index >= 15 is 0 Å². The molecule has 0 aliphatic rings. The highest BCUT2D eigenvalue weighted by molar-refractivity contribution is 7.98. The zero-order valence-electron chi connectivity index (χ0n) is 15.2. The van der Waals surface area contributed by atoms with Crippen LogP contribution in [-0.4, -0.2) is 18.2 Å². The molecule has 0 bridgehead atoms. The van der Waals surface area contributed by atoms with Gasteiger partial charge in [-0.15, -0.1) is 0 Å². The number of carbonyl (C=O) groups excluding carboxylic acids is 1. The van der Waals surface area contributed by atoms with Gasteiger partial charge in [-0.25, -0.2) is 0 Å². The lowest BCUT2D eigenvalue weighted by Gasteiger charge is -2.04. The maximum atomic E-state index is 12.4. The summed E-state index contributed by atoms with van der Waals surface area (Å²) in [6.45, 7) is 2.71. The van der Waals surface area contributed by atoms with Gasteiger partial charge in [0, 0.05) is 23.4 Å². The summed E-state index contributed by atoms with van der Waals surface area (Å²) >= 11 is 1.81. The van der Waals surface area contributed by atoms with E-state index in [2.05, 4.69) is 48.6 Å². The average molecular weight is 375 g/mol. The van der Waals surface area contributed by atoms with E-state index in [4.69, 9.17) is 4.42 Å². The summed E-state index contributed by atoms with van der Waals surface area (Å²) in [4.78, 5) is 12.4. The topological polar surface area (TPSA) is 42.2 Å². The van der Waals surface area contributed by atoms with Crippen LogP contribution in [-0.2, 0) is 5.75 Å². The van der Waals surface area contributed by atoms with E-state index in [-0.39, 0.29) is 5.91 Å². The first-order valence-corrected chi connectivity index (χ1v) is 10.2. The molecular weight excluding hydrogens is 354 g/mol. The van der Waals surface area contributed by atoms with E-state index in [1.807, 2.05) is 42.1 Å². The normalized spacial score (nSPS) is 11.1. The van der Waals surface area contributed by atoms with Gasteiger partial charge in [-0.2, -0.15) is 11.8 Å². The minimum Gasteiger partial charge on any atom is -0.451 e. The summed E-state index contributed by atoms with van der Waals surface area (Å²) in [5.74, 6) is 2.02. The van der Waals surface area contributed by atoms with Gasteiger partial charge in [-0.1, -0.05) is 60.2 Å². The molecule has 0 spiro atoms. The van der Waals surface area contributed by atoms with Crippen molar-refractivity contribution in [1.29, 1.82) is 0 Å². The molecule has 4 heteroatoms. The van der Waals surface area contributed by atoms with Crippen LogP contribution in [0.15, 0.2) is 71.1 Å². The number of fused-ring (bicyclic) bond motifs is 3. The largest absolute Gasteiger partial charge is 0.451 e. The first-order valence-electron chi connectivity index (χ1n) is 9.03. The van der Waals surface area contributed by atoms with Crippen molar-refractivity contribution >= 4 is 39.4 Å². The monoisotopic (exact) mass is 375 g/mol. The minimum absolute atomic E-state index is 0.161. The molecule has 1 heterocycles. The van der Waals surface area contributed by atoms with E-state index in [1.165, 1.54) is 11.1 Å². The van der Waals surface area contributed by atoms with Gasteiger partial charge in [0.1, 0.15) is 5.58 Å². The molecule has 136 valence electrons. The van der Waals surface area contributed by atoms with E-state index < -0.39 is 0 Å². The van der Waals surface area contributed by atoms with Gasteiger partial charge in [-0.3, -0.25) is 4.79 Å². The number of aryl methyl sites for hydroxylation is 1. The van der Waals surface area contributed by atoms with E-state index in [0.29, 0.717) is 12.3 Å². The Hall–Kier alpha value is -2.72. The van der Waals surface area contributed by atoms with Gasteiger partial charge in [-0.05, 0) is 35.4 Å². The Labute approximate surface area is 162 Å². The fraction of sp³-hybridized carbons (Fsp3) is 0.174. The summed E-state index contributed by atoms with van der Waals surface area (Å²) in [6.07, 6.45) is 0. The van der Waals surface area contributed by atoms with Crippen LogP contribution in [0.3, 0.4) is 0 Å². The second kappa shape index (κ2) is 7.89. The molecule has 0 radical (unpaired) electrons. The quantitative estimate of drug-likeness (QED) is 0.449. The van der Waals surface area contributed by atoms with Crippen LogP contribution < -0.4 is 5.32 Å². The molecule has 3 aromatic carbocycles. The molecule has 4 aromatic rings. The van der Waals surface area contributed by atoms with Crippen molar-refractivity contribution in [1.82, 2.24) is 5.32 Å². The van der Waals surface area contributed by atoms with Crippen LogP contribution in [0.25, 0.3) is 21.7 Å². The molecule has 0 saturated carbocycles. The molecule has 3 nitrogen and oxygen atoms in total. The van der Waals surface area contributed by atoms with Crippen molar-refractivity contribution < 1.29 is 9.21 Å². The molecule has 0 atom stereocenters. The lowest BCUT2D eigenvalue weighted by molar-refractivity contribution is 0.0930.